The molecule has 0 radical (unpaired) electrons. The number of nitrogens with one attached hydrogen (secondary N) is 1. The lowest BCUT2D eigenvalue weighted by Gasteiger charge is -2.09. The molecule has 1 amide bonds. The van der Waals surface area contributed by atoms with Crippen LogP contribution in [0.5, 0.6) is 0 Å². The molecule has 118 valence electrons. The van der Waals surface area contributed by atoms with Crippen LogP contribution in [0.2, 0.25) is 5.02 Å². The third-order valence-electron chi connectivity index (χ3n) is 3.39. The molecular formula is C17H15ClN2O3. The van der Waals surface area contributed by atoms with E-state index in [1.807, 2.05) is 32.0 Å². The Balaban J connectivity index is 1.73. The Kier molecular flexibility index (Phi) is 4.21. The molecule has 0 bridgehead atoms. The normalized spacial score (nSPS) is 12.1. The summed E-state index contributed by atoms with van der Waals surface area (Å²) in [5.41, 5.74) is 0.967. The highest BCUT2D eigenvalue weighted by molar-refractivity contribution is 6.30. The second-order valence-electron chi connectivity index (χ2n) is 5.23. The average Bonchev–Trinajstić information content (AvgIpc) is 3.16. The molecule has 1 aromatic carbocycles. The quantitative estimate of drug-likeness (QED) is 0.770. The van der Waals surface area contributed by atoms with Crippen LogP contribution in [0.3, 0.4) is 0 Å². The van der Waals surface area contributed by atoms with Gasteiger partial charge < -0.3 is 14.3 Å². The molecule has 0 aliphatic carbocycles. The third kappa shape index (κ3) is 3.46. The number of aromatic nitrogens is 1. The number of hydrogen-bond donors (Lipinski definition) is 1. The van der Waals surface area contributed by atoms with Crippen LogP contribution in [0.25, 0.3) is 11.3 Å². The van der Waals surface area contributed by atoms with Crippen LogP contribution in [0.15, 0.2) is 51.4 Å². The molecule has 0 fully saturated rings. The highest BCUT2D eigenvalue weighted by Gasteiger charge is 2.18. The predicted molar refractivity (Wildman–Crippen MR) is 86.3 cm³/mol. The van der Waals surface area contributed by atoms with Crippen molar-refractivity contribution in [2.75, 3.05) is 0 Å². The Morgan fingerprint density at radius 2 is 2.09 bits per heavy atom. The van der Waals surface area contributed by atoms with Gasteiger partial charge in [-0.15, -0.1) is 0 Å². The number of benzene rings is 1. The van der Waals surface area contributed by atoms with Gasteiger partial charge in [-0.1, -0.05) is 28.9 Å². The zero-order valence-electron chi connectivity index (χ0n) is 12.7. The van der Waals surface area contributed by atoms with E-state index in [2.05, 4.69) is 10.5 Å². The first kappa shape index (κ1) is 15.4. The zero-order valence-corrected chi connectivity index (χ0v) is 13.4. The van der Waals surface area contributed by atoms with Gasteiger partial charge in [0.15, 0.2) is 11.5 Å². The van der Waals surface area contributed by atoms with E-state index < -0.39 is 0 Å². The van der Waals surface area contributed by atoms with Crippen molar-refractivity contribution in [3.8, 4) is 11.3 Å². The summed E-state index contributed by atoms with van der Waals surface area (Å²) in [7, 11) is 0. The highest BCUT2D eigenvalue weighted by Crippen LogP contribution is 2.24. The number of carbonyl (C=O) groups is 1. The van der Waals surface area contributed by atoms with Crippen LogP contribution in [0, 0.1) is 6.92 Å². The van der Waals surface area contributed by atoms with E-state index in [0.29, 0.717) is 16.5 Å². The molecule has 6 heteroatoms. The number of halogens is 1. The second-order valence-corrected chi connectivity index (χ2v) is 5.67. The molecule has 1 atom stereocenters. The van der Waals surface area contributed by atoms with Gasteiger partial charge in [0.25, 0.3) is 5.91 Å². The number of furan rings is 1. The van der Waals surface area contributed by atoms with Gasteiger partial charge in [-0.25, -0.2) is 0 Å². The number of aryl methyl sites for hydroxylation is 1. The number of nitrogens with zero attached hydrogens (tertiary/aromatic N) is 1. The molecule has 23 heavy (non-hydrogen) atoms. The van der Waals surface area contributed by atoms with Crippen LogP contribution in [-0.4, -0.2) is 11.1 Å². The minimum atomic E-state index is -0.330. The lowest BCUT2D eigenvalue weighted by Crippen LogP contribution is -2.26. The molecule has 0 aliphatic rings. The van der Waals surface area contributed by atoms with Crippen molar-refractivity contribution in [2.24, 2.45) is 0 Å². The summed E-state index contributed by atoms with van der Waals surface area (Å²) in [5, 5.41) is 7.22. The first-order chi connectivity index (χ1) is 11.0. The molecule has 3 aromatic rings. The van der Waals surface area contributed by atoms with Crippen molar-refractivity contribution >= 4 is 17.5 Å². The smallest absolute Gasteiger partial charge is 0.274 e. The molecule has 0 spiro atoms. The molecular weight excluding hydrogens is 316 g/mol. The van der Waals surface area contributed by atoms with Crippen LogP contribution >= 0.6 is 11.6 Å². The van der Waals surface area contributed by atoms with E-state index >= 15 is 0 Å². The summed E-state index contributed by atoms with van der Waals surface area (Å²) in [6.07, 6.45) is 0. The Bertz CT molecular complexity index is 838. The predicted octanol–water partition coefficient (Wildman–Crippen LogP) is 4.39. The van der Waals surface area contributed by atoms with Gasteiger partial charge in [-0.05, 0) is 38.1 Å². The minimum Gasteiger partial charge on any atom is -0.464 e. The van der Waals surface area contributed by atoms with Crippen molar-refractivity contribution in [2.45, 2.75) is 19.9 Å². The fourth-order valence-corrected chi connectivity index (χ4v) is 2.38. The van der Waals surface area contributed by atoms with E-state index in [-0.39, 0.29) is 17.6 Å². The van der Waals surface area contributed by atoms with E-state index in [1.165, 1.54) is 0 Å². The first-order valence-corrected chi connectivity index (χ1v) is 7.50. The second kappa shape index (κ2) is 6.30. The summed E-state index contributed by atoms with van der Waals surface area (Å²) in [6.45, 7) is 3.70. The summed E-state index contributed by atoms with van der Waals surface area (Å²) >= 11 is 5.95. The van der Waals surface area contributed by atoms with Crippen molar-refractivity contribution in [1.29, 1.82) is 0 Å². The van der Waals surface area contributed by atoms with Gasteiger partial charge in [-0.3, -0.25) is 4.79 Å². The van der Waals surface area contributed by atoms with Crippen LogP contribution in [0.4, 0.5) is 0 Å². The lowest BCUT2D eigenvalue weighted by atomic mass is 10.1. The summed E-state index contributed by atoms with van der Waals surface area (Å²) < 4.78 is 10.7. The van der Waals surface area contributed by atoms with E-state index in [4.69, 9.17) is 20.5 Å². The largest absolute Gasteiger partial charge is 0.464 e. The first-order valence-electron chi connectivity index (χ1n) is 7.13. The SMILES string of the molecule is Cc1ccc(C(C)NC(=O)c2cc(-c3cccc(Cl)c3)on2)o1. The van der Waals surface area contributed by atoms with Crippen molar-refractivity contribution < 1.29 is 13.7 Å². The fraction of sp³-hybridized carbons (Fsp3) is 0.176. The summed E-state index contributed by atoms with van der Waals surface area (Å²) in [4.78, 5) is 12.2. The molecule has 2 aromatic heterocycles. The molecule has 2 heterocycles. The monoisotopic (exact) mass is 330 g/mol. The van der Waals surface area contributed by atoms with Crippen LogP contribution < -0.4 is 5.32 Å². The maximum absolute atomic E-state index is 12.2. The van der Waals surface area contributed by atoms with Crippen molar-refractivity contribution in [3.05, 3.63) is 64.7 Å². The van der Waals surface area contributed by atoms with Gasteiger partial charge in [-0.2, -0.15) is 0 Å². The minimum absolute atomic E-state index is 0.204. The van der Waals surface area contributed by atoms with Gasteiger partial charge in [0.2, 0.25) is 0 Å². The van der Waals surface area contributed by atoms with Crippen molar-refractivity contribution in [1.82, 2.24) is 10.5 Å². The Morgan fingerprint density at radius 3 is 2.78 bits per heavy atom. The molecule has 5 nitrogen and oxygen atoms in total. The van der Waals surface area contributed by atoms with Gasteiger partial charge in [0.1, 0.15) is 11.5 Å². The number of amides is 1. The molecule has 0 saturated heterocycles. The molecule has 0 aliphatic heterocycles. The zero-order chi connectivity index (χ0) is 16.4. The van der Waals surface area contributed by atoms with E-state index in [1.54, 1.807) is 24.3 Å². The molecule has 1 N–H and O–H groups in total. The fourth-order valence-electron chi connectivity index (χ4n) is 2.19. The third-order valence-corrected chi connectivity index (χ3v) is 3.62. The summed E-state index contributed by atoms with van der Waals surface area (Å²) in [5.74, 6) is 1.64. The molecule has 3 rings (SSSR count). The highest BCUT2D eigenvalue weighted by atomic mass is 35.5. The van der Waals surface area contributed by atoms with Gasteiger partial charge in [0.05, 0.1) is 6.04 Å². The average molecular weight is 331 g/mol. The molecule has 1 unspecified atom stereocenters. The Labute approximate surface area is 138 Å². The van der Waals surface area contributed by atoms with Crippen LogP contribution in [0.1, 0.15) is 35.0 Å². The standard InChI is InChI=1S/C17H15ClN2O3/c1-10-6-7-15(22-10)11(2)19-17(21)14-9-16(23-20-14)12-4-3-5-13(18)8-12/h3-9,11H,1-2H3,(H,19,21). The van der Waals surface area contributed by atoms with E-state index in [9.17, 15) is 4.79 Å². The number of hydrogen-bond acceptors (Lipinski definition) is 4. The van der Waals surface area contributed by atoms with Gasteiger partial charge >= 0.3 is 0 Å². The molecule has 0 saturated carbocycles. The summed E-state index contributed by atoms with van der Waals surface area (Å²) in [6, 6.07) is 12.2. The number of carbonyl (C=O) groups excluding carboxylic acids is 1. The lowest BCUT2D eigenvalue weighted by molar-refractivity contribution is 0.0926. The Hall–Kier alpha value is -2.53. The maximum Gasteiger partial charge on any atom is 0.274 e. The van der Waals surface area contributed by atoms with Gasteiger partial charge in [0, 0.05) is 16.7 Å². The van der Waals surface area contributed by atoms with Crippen LogP contribution in [-0.2, 0) is 0 Å². The number of rotatable bonds is 4. The van der Waals surface area contributed by atoms with Crippen molar-refractivity contribution in [3.63, 3.8) is 0 Å². The Morgan fingerprint density at radius 1 is 1.26 bits per heavy atom. The maximum atomic E-state index is 12.2. The van der Waals surface area contributed by atoms with E-state index in [0.717, 1.165) is 11.3 Å². The topological polar surface area (TPSA) is 68.3 Å².